The molecule has 0 aliphatic heterocycles. The number of benzene rings is 3. The average Bonchev–Trinajstić information content (AvgIpc) is 2.81. The highest BCUT2D eigenvalue weighted by Crippen LogP contribution is 2.23. The molecule has 6 nitrogen and oxygen atoms in total. The van der Waals surface area contributed by atoms with E-state index in [1.54, 1.807) is 24.3 Å². The molecule has 0 aliphatic rings. The van der Waals surface area contributed by atoms with Crippen LogP contribution in [0, 0.1) is 0 Å². The van der Waals surface area contributed by atoms with Crippen molar-refractivity contribution in [3.05, 3.63) is 94.0 Å². The van der Waals surface area contributed by atoms with Crippen LogP contribution >= 0.6 is 0 Å². The van der Waals surface area contributed by atoms with Crippen LogP contribution in [0.4, 0.5) is 0 Å². The SMILES string of the molecule is COc1cc(CCc2ccc(CCc3ccc(C(=O)O)c(OC)c3)cc2)ccc1C(=O)O. The van der Waals surface area contributed by atoms with Crippen molar-refractivity contribution in [3.8, 4) is 11.5 Å². The topological polar surface area (TPSA) is 93.1 Å². The maximum absolute atomic E-state index is 11.2. The second kappa shape index (κ2) is 10.5. The van der Waals surface area contributed by atoms with E-state index >= 15 is 0 Å². The van der Waals surface area contributed by atoms with Crippen molar-refractivity contribution in [2.24, 2.45) is 0 Å². The van der Waals surface area contributed by atoms with Crippen LogP contribution in [0.15, 0.2) is 60.7 Å². The van der Waals surface area contributed by atoms with Crippen molar-refractivity contribution >= 4 is 11.9 Å². The van der Waals surface area contributed by atoms with Crippen LogP contribution in [0.5, 0.6) is 11.5 Å². The number of aromatic carboxylic acids is 2. The molecule has 0 amide bonds. The van der Waals surface area contributed by atoms with Crippen LogP contribution in [0.2, 0.25) is 0 Å². The minimum absolute atomic E-state index is 0.163. The van der Waals surface area contributed by atoms with Gasteiger partial charge in [-0.3, -0.25) is 0 Å². The van der Waals surface area contributed by atoms with Gasteiger partial charge in [-0.1, -0.05) is 36.4 Å². The smallest absolute Gasteiger partial charge is 0.339 e. The van der Waals surface area contributed by atoms with E-state index in [1.165, 1.54) is 25.3 Å². The highest BCUT2D eigenvalue weighted by molar-refractivity contribution is 5.91. The van der Waals surface area contributed by atoms with Gasteiger partial charge in [-0.05, 0) is 72.2 Å². The molecule has 0 fully saturated rings. The Morgan fingerprint density at radius 3 is 1.22 bits per heavy atom. The molecule has 0 radical (unpaired) electrons. The number of rotatable bonds is 10. The third-order valence-electron chi connectivity index (χ3n) is 5.42. The van der Waals surface area contributed by atoms with Crippen LogP contribution in [-0.4, -0.2) is 36.4 Å². The van der Waals surface area contributed by atoms with Crippen molar-refractivity contribution in [2.75, 3.05) is 14.2 Å². The standard InChI is InChI=1S/C26H26O6/c1-31-23-15-19(11-13-21(23)25(27)28)9-7-17-3-5-18(6-4-17)8-10-20-12-14-22(26(29)30)24(16-20)32-2/h3-6,11-16H,7-10H2,1-2H3,(H,27,28)(H,29,30). The fourth-order valence-corrected chi connectivity index (χ4v) is 3.59. The second-order valence-electron chi connectivity index (χ2n) is 7.50. The van der Waals surface area contributed by atoms with Crippen LogP contribution in [0.25, 0.3) is 0 Å². The lowest BCUT2D eigenvalue weighted by Crippen LogP contribution is -2.02. The third-order valence-corrected chi connectivity index (χ3v) is 5.42. The molecule has 0 aliphatic carbocycles. The summed E-state index contributed by atoms with van der Waals surface area (Å²) in [5.74, 6) is -1.25. The number of carboxylic acids is 2. The number of hydrogen-bond donors (Lipinski definition) is 2. The Balaban J connectivity index is 1.58. The predicted octanol–water partition coefficient (Wildman–Crippen LogP) is 4.67. The molecule has 3 aromatic rings. The van der Waals surface area contributed by atoms with Gasteiger partial charge >= 0.3 is 11.9 Å². The first-order valence-corrected chi connectivity index (χ1v) is 10.3. The van der Waals surface area contributed by atoms with E-state index in [9.17, 15) is 19.8 Å². The average molecular weight is 434 g/mol. The van der Waals surface area contributed by atoms with Gasteiger partial charge in [0.2, 0.25) is 0 Å². The number of carbonyl (C=O) groups is 2. The van der Waals surface area contributed by atoms with Gasteiger partial charge in [0.25, 0.3) is 0 Å². The number of hydrogen-bond acceptors (Lipinski definition) is 4. The van der Waals surface area contributed by atoms with Gasteiger partial charge in [-0.25, -0.2) is 9.59 Å². The van der Waals surface area contributed by atoms with E-state index in [1.807, 2.05) is 12.1 Å². The lowest BCUT2D eigenvalue weighted by molar-refractivity contribution is 0.0682. The molecule has 0 saturated carbocycles. The molecule has 3 aromatic carbocycles. The zero-order valence-electron chi connectivity index (χ0n) is 18.1. The lowest BCUT2D eigenvalue weighted by atomic mass is 9.99. The van der Waals surface area contributed by atoms with Crippen LogP contribution < -0.4 is 9.47 Å². The normalized spacial score (nSPS) is 10.6. The number of methoxy groups -OCH3 is 2. The van der Waals surface area contributed by atoms with Crippen molar-refractivity contribution in [2.45, 2.75) is 25.7 Å². The van der Waals surface area contributed by atoms with Crippen molar-refractivity contribution in [1.29, 1.82) is 0 Å². The van der Waals surface area contributed by atoms with Gasteiger partial charge in [0.1, 0.15) is 22.6 Å². The Labute approximate surface area is 187 Å². The minimum Gasteiger partial charge on any atom is -0.496 e. The van der Waals surface area contributed by atoms with Gasteiger partial charge in [0, 0.05) is 0 Å². The van der Waals surface area contributed by atoms with Crippen molar-refractivity contribution in [3.63, 3.8) is 0 Å². The molecule has 2 N–H and O–H groups in total. The minimum atomic E-state index is -1.000. The summed E-state index contributed by atoms with van der Waals surface area (Å²) in [5.41, 5.74) is 4.76. The summed E-state index contributed by atoms with van der Waals surface area (Å²) in [4.78, 5) is 22.4. The summed E-state index contributed by atoms with van der Waals surface area (Å²) < 4.78 is 10.4. The largest absolute Gasteiger partial charge is 0.496 e. The van der Waals surface area contributed by atoms with E-state index in [2.05, 4.69) is 24.3 Å². The summed E-state index contributed by atoms with van der Waals surface area (Å²) in [5, 5.41) is 18.4. The highest BCUT2D eigenvalue weighted by atomic mass is 16.5. The summed E-state index contributed by atoms with van der Waals surface area (Å²) in [6.45, 7) is 0. The third kappa shape index (κ3) is 5.66. The highest BCUT2D eigenvalue weighted by Gasteiger charge is 2.12. The molecular weight excluding hydrogens is 408 g/mol. The molecule has 166 valence electrons. The van der Waals surface area contributed by atoms with Crippen LogP contribution in [0.1, 0.15) is 43.0 Å². The number of aryl methyl sites for hydroxylation is 4. The fourth-order valence-electron chi connectivity index (χ4n) is 3.59. The van der Waals surface area contributed by atoms with Gasteiger partial charge < -0.3 is 19.7 Å². The first-order valence-electron chi connectivity index (χ1n) is 10.3. The maximum atomic E-state index is 11.2. The first kappa shape index (κ1) is 22.9. The number of carboxylic acid groups (broad SMARTS) is 2. The van der Waals surface area contributed by atoms with E-state index < -0.39 is 11.9 Å². The maximum Gasteiger partial charge on any atom is 0.339 e. The molecule has 0 atom stereocenters. The lowest BCUT2D eigenvalue weighted by Gasteiger charge is -2.09. The van der Waals surface area contributed by atoms with Gasteiger partial charge in [-0.2, -0.15) is 0 Å². The van der Waals surface area contributed by atoms with Gasteiger partial charge in [0.15, 0.2) is 0 Å². The monoisotopic (exact) mass is 434 g/mol. The summed E-state index contributed by atoms with van der Waals surface area (Å²) in [6, 6.07) is 18.8. The van der Waals surface area contributed by atoms with Crippen molar-refractivity contribution < 1.29 is 29.3 Å². The summed E-state index contributed by atoms with van der Waals surface area (Å²) >= 11 is 0. The Kier molecular flexibility index (Phi) is 7.49. The molecule has 0 aromatic heterocycles. The zero-order valence-corrected chi connectivity index (χ0v) is 18.1. The molecule has 0 heterocycles. The summed E-state index contributed by atoms with van der Waals surface area (Å²) in [7, 11) is 2.95. The van der Waals surface area contributed by atoms with Gasteiger partial charge in [0.05, 0.1) is 14.2 Å². The molecule has 0 unspecified atom stereocenters. The van der Waals surface area contributed by atoms with E-state index in [0.29, 0.717) is 11.5 Å². The molecule has 3 rings (SSSR count). The van der Waals surface area contributed by atoms with Crippen molar-refractivity contribution in [1.82, 2.24) is 0 Å². The first-order chi connectivity index (χ1) is 15.4. The predicted molar refractivity (Wildman–Crippen MR) is 121 cm³/mol. The van der Waals surface area contributed by atoms with Crippen LogP contribution in [-0.2, 0) is 25.7 Å². The van der Waals surface area contributed by atoms with E-state index in [0.717, 1.165) is 36.8 Å². The van der Waals surface area contributed by atoms with E-state index in [-0.39, 0.29) is 11.1 Å². The van der Waals surface area contributed by atoms with Crippen LogP contribution in [0.3, 0.4) is 0 Å². The Hall–Kier alpha value is -3.80. The zero-order chi connectivity index (χ0) is 23.1. The molecule has 0 bridgehead atoms. The second-order valence-corrected chi connectivity index (χ2v) is 7.50. The number of ether oxygens (including phenoxy) is 2. The molecular formula is C26H26O6. The van der Waals surface area contributed by atoms with E-state index in [4.69, 9.17) is 9.47 Å². The molecule has 0 spiro atoms. The Bertz CT molecular complexity index is 1010. The summed E-state index contributed by atoms with van der Waals surface area (Å²) in [6.07, 6.45) is 3.24. The molecule has 6 heteroatoms. The fraction of sp³-hybridized carbons (Fsp3) is 0.231. The van der Waals surface area contributed by atoms with Gasteiger partial charge in [-0.15, -0.1) is 0 Å². The molecule has 32 heavy (non-hydrogen) atoms. The Morgan fingerprint density at radius 2 is 0.906 bits per heavy atom. The quantitative estimate of drug-likeness (QED) is 0.482. The Morgan fingerprint density at radius 1 is 0.594 bits per heavy atom. The molecule has 0 saturated heterocycles.